The number of nitro benzene ring substituents is 2. The fraction of sp³-hybridized carbons (Fsp3) is 0.312. The van der Waals surface area contributed by atoms with Crippen LogP contribution in [0.15, 0.2) is 64.8 Å². The van der Waals surface area contributed by atoms with Crippen LogP contribution < -0.4 is 9.80 Å². The predicted molar refractivity (Wildman–Crippen MR) is 161 cm³/mol. The third-order valence-corrected chi connectivity index (χ3v) is 9.30. The molecule has 4 unspecified atom stereocenters. The number of imide groups is 1. The van der Waals surface area contributed by atoms with Crippen LogP contribution in [0.5, 0.6) is 5.75 Å². The van der Waals surface area contributed by atoms with Crippen molar-refractivity contribution in [1.29, 1.82) is 0 Å². The largest absolute Gasteiger partial charge is 0.507 e. The minimum absolute atomic E-state index is 0.00606. The van der Waals surface area contributed by atoms with Crippen LogP contribution in [-0.2, 0) is 19.2 Å². The van der Waals surface area contributed by atoms with Crippen molar-refractivity contribution in [2.75, 3.05) is 23.9 Å². The molecule has 0 spiro atoms. The molecule has 0 bridgehead atoms. The number of Topliss-reactive ketones (excluding diaryl/α,β-unsaturated/α-hetero) is 1. The molecule has 0 radical (unpaired) electrons. The highest BCUT2D eigenvalue weighted by Crippen LogP contribution is 2.57. The molecule has 1 fully saturated rings. The number of para-hydroxylation sites is 1. The summed E-state index contributed by atoms with van der Waals surface area (Å²) < 4.78 is 0. The van der Waals surface area contributed by atoms with E-state index in [1.165, 1.54) is 32.0 Å². The standard InChI is InChI=1S/C32H28N4O9/c1-14-6-5-7-18(29(14)38)25-17-8-9-19-26(20(17)13-21-27(25)24(37)10-15(2)30(21)39)32(41)34(31(19)40)16-11-22(35(42)43)28(33(3)4)23(12-16)36(44)45/h5-8,10-12,19-20,25-26,38H,9,13H2,1-4H3. The molecule has 2 amide bonds. The molecule has 0 aromatic heterocycles. The minimum atomic E-state index is -1.01. The Bertz CT molecular complexity index is 1850. The van der Waals surface area contributed by atoms with Crippen molar-refractivity contribution < 1.29 is 34.1 Å². The number of phenolic OH excluding ortho intramolecular Hbond substituents is 1. The number of nitrogens with zero attached hydrogens (tertiary/aromatic N) is 4. The van der Waals surface area contributed by atoms with Gasteiger partial charge in [-0.2, -0.15) is 0 Å². The fourth-order valence-electron chi connectivity index (χ4n) is 7.36. The number of amides is 2. The number of phenols is 1. The number of anilines is 2. The van der Waals surface area contributed by atoms with Crippen molar-refractivity contribution in [2.45, 2.75) is 32.6 Å². The van der Waals surface area contributed by atoms with Gasteiger partial charge in [0.15, 0.2) is 17.3 Å². The highest BCUT2D eigenvalue weighted by atomic mass is 16.6. The quantitative estimate of drug-likeness (QED) is 0.169. The number of benzene rings is 2. The molecule has 3 aliphatic carbocycles. The molecule has 45 heavy (non-hydrogen) atoms. The lowest BCUT2D eigenvalue weighted by Gasteiger charge is -2.42. The van der Waals surface area contributed by atoms with Gasteiger partial charge in [0.25, 0.3) is 0 Å². The first kappa shape index (κ1) is 29.6. The second-order valence-electron chi connectivity index (χ2n) is 12.0. The summed E-state index contributed by atoms with van der Waals surface area (Å²) in [5.74, 6) is -5.65. The molecule has 4 aliphatic rings. The van der Waals surface area contributed by atoms with E-state index in [0.29, 0.717) is 16.7 Å². The summed E-state index contributed by atoms with van der Waals surface area (Å²) in [6.07, 6.45) is 3.13. The van der Waals surface area contributed by atoms with E-state index in [4.69, 9.17) is 0 Å². The zero-order valence-corrected chi connectivity index (χ0v) is 24.8. The number of carbonyl (C=O) groups excluding carboxylic acids is 4. The maximum absolute atomic E-state index is 14.2. The molecule has 13 nitrogen and oxygen atoms in total. The zero-order valence-electron chi connectivity index (χ0n) is 24.8. The SMILES string of the molecule is CC1=CC(=O)C2=C(CC3C(=CCC4C(=O)N(c5cc([N+](=O)[O-])c(N(C)C)c([N+](=O)[O-])c5)C(=O)C43)C2c2cccc(C)c2O)C1=O. The lowest BCUT2D eigenvalue weighted by molar-refractivity contribution is -0.392. The van der Waals surface area contributed by atoms with Crippen LogP contribution in [-0.4, -0.2) is 52.4 Å². The number of aromatic hydroxyl groups is 1. The smallest absolute Gasteiger partial charge is 0.301 e. The normalized spacial score (nSPS) is 24.1. The van der Waals surface area contributed by atoms with Crippen LogP contribution >= 0.6 is 0 Å². The van der Waals surface area contributed by atoms with Gasteiger partial charge >= 0.3 is 11.4 Å². The first-order valence-electron chi connectivity index (χ1n) is 14.2. The Morgan fingerprint density at radius 3 is 2.20 bits per heavy atom. The highest BCUT2D eigenvalue weighted by molar-refractivity contribution is 6.25. The fourth-order valence-corrected chi connectivity index (χ4v) is 7.36. The number of hydrogen-bond donors (Lipinski definition) is 1. The summed E-state index contributed by atoms with van der Waals surface area (Å²) in [4.78, 5) is 79.3. The molecule has 0 saturated carbocycles. The number of hydrogen-bond acceptors (Lipinski definition) is 10. The maximum atomic E-state index is 14.2. The van der Waals surface area contributed by atoms with Crippen LogP contribution in [0.3, 0.4) is 0 Å². The number of allylic oxidation sites excluding steroid dienone is 6. The van der Waals surface area contributed by atoms with Crippen LogP contribution in [0.25, 0.3) is 0 Å². The summed E-state index contributed by atoms with van der Waals surface area (Å²) in [5.41, 5.74) is 0.376. The lowest BCUT2D eigenvalue weighted by atomic mass is 9.59. The third kappa shape index (κ3) is 4.29. The Morgan fingerprint density at radius 2 is 1.60 bits per heavy atom. The first-order valence-corrected chi connectivity index (χ1v) is 14.2. The van der Waals surface area contributed by atoms with Crippen molar-refractivity contribution >= 4 is 46.1 Å². The summed E-state index contributed by atoms with van der Waals surface area (Å²) in [5, 5.41) is 35.1. The Labute approximate surface area is 256 Å². The predicted octanol–water partition coefficient (Wildman–Crippen LogP) is 4.22. The molecular weight excluding hydrogens is 584 g/mol. The van der Waals surface area contributed by atoms with Gasteiger partial charge in [-0.3, -0.25) is 39.4 Å². The lowest BCUT2D eigenvalue weighted by Crippen LogP contribution is -2.39. The van der Waals surface area contributed by atoms with Gasteiger partial charge in [0.2, 0.25) is 11.8 Å². The van der Waals surface area contributed by atoms with Gasteiger partial charge in [0.1, 0.15) is 5.75 Å². The van der Waals surface area contributed by atoms with Gasteiger partial charge in [0, 0.05) is 54.4 Å². The first-order chi connectivity index (χ1) is 21.2. The average Bonchev–Trinajstić information content (AvgIpc) is 3.24. The second-order valence-corrected chi connectivity index (χ2v) is 12.0. The molecule has 6 rings (SSSR count). The molecule has 2 aromatic carbocycles. The Balaban J connectivity index is 1.50. The van der Waals surface area contributed by atoms with E-state index in [-0.39, 0.29) is 58.3 Å². The highest BCUT2D eigenvalue weighted by Gasteiger charge is 2.57. The summed E-state index contributed by atoms with van der Waals surface area (Å²) in [7, 11) is 2.82. The molecule has 1 aliphatic heterocycles. The van der Waals surface area contributed by atoms with Crippen LogP contribution in [0, 0.1) is 44.9 Å². The topological polar surface area (TPSA) is 181 Å². The van der Waals surface area contributed by atoms with Crippen LogP contribution in [0.1, 0.15) is 36.8 Å². The van der Waals surface area contributed by atoms with Gasteiger partial charge < -0.3 is 10.0 Å². The van der Waals surface area contributed by atoms with E-state index in [9.17, 15) is 44.5 Å². The van der Waals surface area contributed by atoms with Crippen LogP contribution in [0.4, 0.5) is 22.7 Å². The van der Waals surface area contributed by atoms with Gasteiger partial charge in [0.05, 0.1) is 27.4 Å². The van der Waals surface area contributed by atoms with E-state index >= 15 is 0 Å². The summed E-state index contributed by atoms with van der Waals surface area (Å²) >= 11 is 0. The Morgan fingerprint density at radius 1 is 0.956 bits per heavy atom. The number of carbonyl (C=O) groups is 4. The average molecular weight is 613 g/mol. The Kier molecular flexibility index (Phi) is 6.79. The van der Waals surface area contributed by atoms with Crippen molar-refractivity contribution in [2.24, 2.45) is 17.8 Å². The minimum Gasteiger partial charge on any atom is -0.507 e. The van der Waals surface area contributed by atoms with Crippen molar-refractivity contribution in [3.63, 3.8) is 0 Å². The molecule has 4 atom stereocenters. The van der Waals surface area contributed by atoms with Crippen LogP contribution in [0.2, 0.25) is 0 Å². The maximum Gasteiger partial charge on any atom is 0.301 e. The number of ketones is 2. The van der Waals surface area contributed by atoms with Gasteiger partial charge in [-0.1, -0.05) is 29.8 Å². The second kappa shape index (κ2) is 10.3. The third-order valence-electron chi connectivity index (χ3n) is 9.30. The molecule has 1 N–H and O–H groups in total. The number of aryl methyl sites for hydroxylation is 1. The van der Waals surface area contributed by atoms with Crippen molar-refractivity contribution in [1.82, 2.24) is 0 Å². The number of nitro groups is 2. The molecule has 2 aromatic rings. The van der Waals surface area contributed by atoms with E-state index in [2.05, 4.69) is 0 Å². The van der Waals surface area contributed by atoms with E-state index in [0.717, 1.165) is 17.0 Å². The van der Waals surface area contributed by atoms with Crippen molar-refractivity contribution in [3.8, 4) is 5.75 Å². The Hall–Kier alpha value is -5.46. The molecule has 13 heteroatoms. The zero-order chi connectivity index (χ0) is 32.6. The van der Waals surface area contributed by atoms with Gasteiger partial charge in [-0.15, -0.1) is 0 Å². The molecular formula is C32H28N4O9. The van der Waals surface area contributed by atoms with Gasteiger partial charge in [-0.25, -0.2) is 4.90 Å². The molecule has 1 heterocycles. The monoisotopic (exact) mass is 612 g/mol. The number of fused-ring (bicyclic) bond motifs is 3. The summed E-state index contributed by atoms with van der Waals surface area (Å²) in [6, 6.07) is 7.05. The van der Waals surface area contributed by atoms with Gasteiger partial charge in [-0.05, 0) is 44.2 Å². The van der Waals surface area contributed by atoms with E-state index < -0.39 is 56.7 Å². The van der Waals surface area contributed by atoms with E-state index in [1.807, 2.05) is 0 Å². The van der Waals surface area contributed by atoms with Crippen molar-refractivity contribution in [3.05, 3.63) is 96.1 Å². The molecule has 230 valence electrons. The van der Waals surface area contributed by atoms with E-state index in [1.54, 1.807) is 31.2 Å². The number of rotatable bonds is 5. The molecule has 1 saturated heterocycles. The summed E-state index contributed by atoms with van der Waals surface area (Å²) in [6.45, 7) is 3.23.